The molecule has 0 saturated carbocycles. The van der Waals surface area contributed by atoms with Crippen molar-refractivity contribution in [3.63, 3.8) is 0 Å². The van der Waals surface area contributed by atoms with Crippen LogP contribution in [0.4, 0.5) is 0 Å². The second-order valence-electron chi connectivity index (χ2n) is 6.05. The smallest absolute Gasteiger partial charge is 0.135 e. The minimum atomic E-state index is 0.521. The number of nitrogens with zero attached hydrogens (tertiary/aromatic N) is 2. The quantitative estimate of drug-likeness (QED) is 0.609. The lowest BCUT2D eigenvalue weighted by Gasteiger charge is -2.11. The Labute approximate surface area is 143 Å². The lowest BCUT2D eigenvalue weighted by Crippen LogP contribution is -2.08. The van der Waals surface area contributed by atoms with E-state index in [1.54, 1.807) is 7.11 Å². The molecule has 0 fully saturated rings. The lowest BCUT2D eigenvalue weighted by atomic mass is 10.1. The van der Waals surface area contributed by atoms with Crippen LogP contribution < -0.4 is 4.74 Å². The predicted molar refractivity (Wildman–Crippen MR) is 96.5 cm³/mol. The summed E-state index contributed by atoms with van der Waals surface area (Å²) in [6, 6.07) is 14.4. The van der Waals surface area contributed by atoms with Crippen LogP contribution in [0.1, 0.15) is 23.4 Å². The van der Waals surface area contributed by atoms with E-state index in [0.717, 1.165) is 35.6 Å². The number of rotatable bonds is 7. The molecule has 0 amide bonds. The largest absolute Gasteiger partial charge is 0.494 e. The van der Waals surface area contributed by atoms with Crippen molar-refractivity contribution in [3.05, 3.63) is 59.4 Å². The Morgan fingerprint density at radius 1 is 1.04 bits per heavy atom. The molecule has 0 radical (unpaired) electrons. The van der Waals surface area contributed by atoms with Crippen LogP contribution in [0.5, 0.6) is 5.75 Å². The van der Waals surface area contributed by atoms with Gasteiger partial charge in [-0.2, -0.15) is 0 Å². The summed E-state index contributed by atoms with van der Waals surface area (Å²) in [5.74, 6) is 1.90. The third-order valence-corrected chi connectivity index (χ3v) is 4.28. The Bertz CT molecular complexity index is 824. The highest BCUT2D eigenvalue weighted by Gasteiger charge is 2.09. The Hall–Kier alpha value is -2.33. The van der Waals surface area contributed by atoms with E-state index in [2.05, 4.69) is 41.6 Å². The normalized spacial score (nSPS) is 11.1. The number of fused-ring (bicyclic) bond motifs is 1. The molecular formula is C20H24N2O2. The molecule has 0 aliphatic carbocycles. The molecule has 126 valence electrons. The summed E-state index contributed by atoms with van der Waals surface area (Å²) in [5.41, 5.74) is 4.71. The van der Waals surface area contributed by atoms with Crippen LogP contribution in [0.3, 0.4) is 0 Å². The van der Waals surface area contributed by atoms with Gasteiger partial charge < -0.3 is 14.0 Å². The highest BCUT2D eigenvalue weighted by Crippen LogP contribution is 2.19. The summed E-state index contributed by atoms with van der Waals surface area (Å²) in [7, 11) is 1.70. The van der Waals surface area contributed by atoms with Gasteiger partial charge >= 0.3 is 0 Å². The van der Waals surface area contributed by atoms with Gasteiger partial charge in [0.15, 0.2) is 0 Å². The average Bonchev–Trinajstić information content (AvgIpc) is 2.93. The van der Waals surface area contributed by atoms with Crippen molar-refractivity contribution in [1.82, 2.24) is 9.55 Å². The summed E-state index contributed by atoms with van der Waals surface area (Å²) in [6.07, 6.45) is 0.921. The first-order valence-electron chi connectivity index (χ1n) is 8.32. The van der Waals surface area contributed by atoms with E-state index in [1.165, 1.54) is 11.1 Å². The maximum Gasteiger partial charge on any atom is 0.135 e. The topological polar surface area (TPSA) is 36.3 Å². The van der Waals surface area contributed by atoms with Crippen molar-refractivity contribution in [1.29, 1.82) is 0 Å². The molecule has 0 aliphatic heterocycles. The van der Waals surface area contributed by atoms with Crippen LogP contribution in [-0.4, -0.2) is 23.3 Å². The van der Waals surface area contributed by atoms with E-state index in [4.69, 9.17) is 9.47 Å². The van der Waals surface area contributed by atoms with Crippen molar-refractivity contribution in [2.24, 2.45) is 0 Å². The van der Waals surface area contributed by atoms with Crippen LogP contribution in [0.25, 0.3) is 11.0 Å². The molecule has 4 heteroatoms. The maximum atomic E-state index is 5.89. The minimum Gasteiger partial charge on any atom is -0.494 e. The molecule has 0 atom stereocenters. The fraction of sp³-hybridized carbons (Fsp3) is 0.350. The number of aromatic nitrogens is 2. The standard InChI is InChI=1S/C20H24N2O2/c1-15-9-10-17(13-16(15)2)24-12-6-11-22-19-8-5-4-7-18(19)21-20(22)14-23-3/h4-5,7-10,13H,6,11-12,14H2,1-3H3. The number of para-hydroxylation sites is 2. The second-order valence-corrected chi connectivity index (χ2v) is 6.05. The number of benzene rings is 2. The van der Waals surface area contributed by atoms with E-state index in [-0.39, 0.29) is 0 Å². The van der Waals surface area contributed by atoms with Crippen molar-refractivity contribution in [3.8, 4) is 5.75 Å². The Morgan fingerprint density at radius 3 is 2.67 bits per heavy atom. The van der Waals surface area contributed by atoms with E-state index in [1.807, 2.05) is 24.3 Å². The summed E-state index contributed by atoms with van der Waals surface area (Å²) in [6.45, 7) is 6.29. The second kappa shape index (κ2) is 7.49. The van der Waals surface area contributed by atoms with Crippen molar-refractivity contribution < 1.29 is 9.47 Å². The van der Waals surface area contributed by atoms with Crippen molar-refractivity contribution in [2.75, 3.05) is 13.7 Å². The Kier molecular flexibility index (Phi) is 5.16. The third-order valence-electron chi connectivity index (χ3n) is 4.28. The molecule has 0 spiro atoms. The molecular weight excluding hydrogens is 300 g/mol. The van der Waals surface area contributed by atoms with Crippen LogP contribution in [0.2, 0.25) is 0 Å². The van der Waals surface area contributed by atoms with Gasteiger partial charge in [0.1, 0.15) is 18.2 Å². The monoisotopic (exact) mass is 324 g/mol. The minimum absolute atomic E-state index is 0.521. The van der Waals surface area contributed by atoms with E-state index >= 15 is 0 Å². The highest BCUT2D eigenvalue weighted by molar-refractivity contribution is 5.75. The predicted octanol–water partition coefficient (Wildman–Crippen LogP) is 4.27. The van der Waals surface area contributed by atoms with Crippen LogP contribution in [-0.2, 0) is 17.9 Å². The van der Waals surface area contributed by atoms with E-state index in [9.17, 15) is 0 Å². The summed E-state index contributed by atoms with van der Waals surface area (Å²) in [5, 5.41) is 0. The molecule has 1 aromatic heterocycles. The fourth-order valence-corrected chi connectivity index (χ4v) is 2.83. The lowest BCUT2D eigenvalue weighted by molar-refractivity contribution is 0.174. The van der Waals surface area contributed by atoms with Crippen LogP contribution >= 0.6 is 0 Å². The number of ether oxygens (including phenoxy) is 2. The first kappa shape index (κ1) is 16.5. The number of imidazole rings is 1. The molecule has 0 saturated heterocycles. The Morgan fingerprint density at radius 2 is 1.88 bits per heavy atom. The van der Waals surface area contributed by atoms with Crippen molar-refractivity contribution >= 4 is 11.0 Å². The molecule has 1 heterocycles. The van der Waals surface area contributed by atoms with Gasteiger partial charge in [-0.3, -0.25) is 0 Å². The van der Waals surface area contributed by atoms with Gasteiger partial charge in [-0.1, -0.05) is 18.2 Å². The van der Waals surface area contributed by atoms with Gasteiger partial charge in [0.25, 0.3) is 0 Å². The number of hydrogen-bond donors (Lipinski definition) is 0. The first-order chi connectivity index (χ1) is 11.7. The van der Waals surface area contributed by atoms with Crippen LogP contribution in [0, 0.1) is 13.8 Å². The number of methoxy groups -OCH3 is 1. The molecule has 3 rings (SSSR count). The van der Waals surface area contributed by atoms with Crippen molar-refractivity contribution in [2.45, 2.75) is 33.4 Å². The number of hydrogen-bond acceptors (Lipinski definition) is 3. The van der Waals surface area contributed by atoms with Gasteiger partial charge in [0.2, 0.25) is 0 Å². The molecule has 24 heavy (non-hydrogen) atoms. The molecule has 2 aromatic carbocycles. The SMILES string of the molecule is COCc1nc2ccccc2n1CCCOc1ccc(C)c(C)c1. The van der Waals surface area contributed by atoms with E-state index < -0.39 is 0 Å². The zero-order valence-electron chi connectivity index (χ0n) is 14.6. The van der Waals surface area contributed by atoms with Gasteiger partial charge in [-0.05, 0) is 55.7 Å². The highest BCUT2D eigenvalue weighted by atomic mass is 16.5. The molecule has 0 N–H and O–H groups in total. The zero-order chi connectivity index (χ0) is 16.9. The van der Waals surface area contributed by atoms with Gasteiger partial charge in [-0.25, -0.2) is 4.98 Å². The van der Waals surface area contributed by atoms with Gasteiger partial charge in [0.05, 0.1) is 17.6 Å². The number of aryl methyl sites for hydroxylation is 3. The third kappa shape index (κ3) is 3.60. The fourth-order valence-electron chi connectivity index (χ4n) is 2.83. The van der Waals surface area contributed by atoms with Gasteiger partial charge in [-0.15, -0.1) is 0 Å². The molecule has 0 bridgehead atoms. The zero-order valence-corrected chi connectivity index (χ0v) is 14.6. The summed E-state index contributed by atoms with van der Waals surface area (Å²) < 4.78 is 13.4. The van der Waals surface area contributed by atoms with E-state index in [0.29, 0.717) is 13.2 Å². The average molecular weight is 324 g/mol. The molecule has 0 aliphatic rings. The summed E-state index contributed by atoms with van der Waals surface area (Å²) >= 11 is 0. The molecule has 0 unspecified atom stereocenters. The maximum absolute atomic E-state index is 5.89. The first-order valence-corrected chi connectivity index (χ1v) is 8.32. The Balaban J connectivity index is 1.64. The molecule has 3 aromatic rings. The van der Waals surface area contributed by atoms with Crippen LogP contribution in [0.15, 0.2) is 42.5 Å². The molecule has 4 nitrogen and oxygen atoms in total. The summed E-state index contributed by atoms with van der Waals surface area (Å²) in [4.78, 5) is 4.66. The van der Waals surface area contributed by atoms with Gasteiger partial charge in [0, 0.05) is 13.7 Å².